The Balaban J connectivity index is 1.87. The van der Waals surface area contributed by atoms with Crippen LogP contribution in [0.25, 0.3) is 0 Å². The molecule has 1 fully saturated rings. The van der Waals surface area contributed by atoms with Gasteiger partial charge in [0.05, 0.1) is 7.11 Å². The number of benzene rings is 1. The summed E-state index contributed by atoms with van der Waals surface area (Å²) < 4.78 is 5.15. The fraction of sp³-hybridized carbons (Fsp3) is 0.611. The summed E-state index contributed by atoms with van der Waals surface area (Å²) in [5.41, 5.74) is 0.867. The predicted molar refractivity (Wildman–Crippen MR) is 90.6 cm³/mol. The van der Waals surface area contributed by atoms with Crippen LogP contribution in [0.1, 0.15) is 38.7 Å². The van der Waals surface area contributed by atoms with E-state index < -0.39 is 0 Å². The van der Waals surface area contributed by atoms with Crippen molar-refractivity contribution in [3.8, 4) is 11.5 Å². The first-order valence-electron chi connectivity index (χ1n) is 8.42. The van der Waals surface area contributed by atoms with Gasteiger partial charge in [0, 0.05) is 24.1 Å². The Morgan fingerprint density at radius 1 is 1.43 bits per heavy atom. The summed E-state index contributed by atoms with van der Waals surface area (Å²) in [5, 5.41) is 13.2. The summed E-state index contributed by atoms with van der Waals surface area (Å²) in [6.45, 7) is 6.54. The molecule has 5 heteroatoms. The number of aromatic hydroxyl groups is 1. The average Bonchev–Trinajstić information content (AvgIpc) is 2.57. The van der Waals surface area contributed by atoms with Crippen LogP contribution in [0.15, 0.2) is 18.2 Å². The smallest absolute Gasteiger partial charge is 0.223 e. The summed E-state index contributed by atoms with van der Waals surface area (Å²) >= 11 is 0. The number of amides is 1. The second kappa shape index (κ2) is 8.20. The molecule has 2 N–H and O–H groups in total. The van der Waals surface area contributed by atoms with Gasteiger partial charge in [0.1, 0.15) is 0 Å². The van der Waals surface area contributed by atoms with E-state index in [2.05, 4.69) is 17.1 Å². The molecule has 0 aromatic heterocycles. The molecule has 1 unspecified atom stereocenters. The molecule has 0 saturated carbocycles. The Kier molecular flexibility index (Phi) is 6.28. The van der Waals surface area contributed by atoms with Crippen LogP contribution < -0.4 is 10.1 Å². The van der Waals surface area contributed by atoms with E-state index >= 15 is 0 Å². The minimum absolute atomic E-state index is 0.110. The molecule has 0 aliphatic carbocycles. The van der Waals surface area contributed by atoms with E-state index in [-0.39, 0.29) is 23.6 Å². The molecule has 1 aromatic rings. The number of hydrogen-bond acceptors (Lipinski definition) is 4. The number of phenols is 1. The van der Waals surface area contributed by atoms with Crippen LogP contribution >= 0.6 is 0 Å². The molecule has 0 spiro atoms. The van der Waals surface area contributed by atoms with Crippen molar-refractivity contribution in [3.05, 3.63) is 23.8 Å². The number of hydrogen-bond donors (Lipinski definition) is 2. The van der Waals surface area contributed by atoms with E-state index in [1.54, 1.807) is 13.2 Å². The lowest BCUT2D eigenvalue weighted by Crippen LogP contribution is -2.42. The minimum atomic E-state index is 0.110. The van der Waals surface area contributed by atoms with Gasteiger partial charge in [-0.2, -0.15) is 0 Å². The zero-order valence-corrected chi connectivity index (χ0v) is 14.3. The zero-order valence-electron chi connectivity index (χ0n) is 14.3. The predicted octanol–water partition coefficient (Wildman–Crippen LogP) is 2.53. The van der Waals surface area contributed by atoms with E-state index in [0.29, 0.717) is 12.3 Å². The van der Waals surface area contributed by atoms with Gasteiger partial charge in [0.25, 0.3) is 0 Å². The third-order valence-corrected chi connectivity index (χ3v) is 4.66. The van der Waals surface area contributed by atoms with E-state index in [4.69, 9.17) is 4.74 Å². The third-order valence-electron chi connectivity index (χ3n) is 4.66. The number of ether oxygens (including phenoxy) is 1. The number of carbonyl (C=O) groups is 1. The van der Waals surface area contributed by atoms with Crippen LogP contribution in [-0.2, 0) is 11.3 Å². The van der Waals surface area contributed by atoms with Crippen LogP contribution in [0.5, 0.6) is 11.5 Å². The van der Waals surface area contributed by atoms with Crippen LogP contribution in [-0.4, -0.2) is 42.2 Å². The van der Waals surface area contributed by atoms with Gasteiger partial charge in [-0.15, -0.1) is 0 Å². The monoisotopic (exact) mass is 320 g/mol. The summed E-state index contributed by atoms with van der Waals surface area (Å²) in [4.78, 5) is 14.5. The third kappa shape index (κ3) is 4.61. The molecule has 2 rings (SSSR count). The molecular formula is C18H28N2O3. The molecule has 0 radical (unpaired) electrons. The Morgan fingerprint density at radius 3 is 2.74 bits per heavy atom. The summed E-state index contributed by atoms with van der Waals surface area (Å²) in [6.07, 6.45) is 2.69. The zero-order chi connectivity index (χ0) is 16.8. The Labute approximate surface area is 138 Å². The first-order valence-corrected chi connectivity index (χ1v) is 8.42. The van der Waals surface area contributed by atoms with E-state index in [1.165, 1.54) is 0 Å². The van der Waals surface area contributed by atoms with E-state index in [1.807, 2.05) is 19.1 Å². The van der Waals surface area contributed by atoms with Crippen molar-refractivity contribution in [2.24, 2.45) is 5.92 Å². The van der Waals surface area contributed by atoms with Gasteiger partial charge in [-0.05, 0) is 45.3 Å². The Hall–Kier alpha value is -1.75. The maximum absolute atomic E-state index is 12.2. The number of carbonyl (C=O) groups excluding carboxylic acids is 1. The first-order chi connectivity index (χ1) is 11.0. The molecule has 128 valence electrons. The average molecular weight is 320 g/mol. The second-order valence-corrected chi connectivity index (χ2v) is 6.34. The van der Waals surface area contributed by atoms with Crippen molar-refractivity contribution in [2.75, 3.05) is 20.2 Å². The van der Waals surface area contributed by atoms with Crippen molar-refractivity contribution in [2.45, 2.75) is 45.7 Å². The molecule has 1 aromatic carbocycles. The summed E-state index contributed by atoms with van der Waals surface area (Å²) in [5.74, 6) is 1.01. The van der Waals surface area contributed by atoms with Crippen molar-refractivity contribution in [1.82, 2.24) is 10.2 Å². The highest BCUT2D eigenvalue weighted by molar-refractivity contribution is 5.79. The second-order valence-electron chi connectivity index (χ2n) is 6.34. The molecule has 1 saturated heterocycles. The molecular weight excluding hydrogens is 292 g/mol. The quantitative estimate of drug-likeness (QED) is 0.845. The number of nitrogens with one attached hydrogen (secondary N) is 1. The molecule has 1 aliphatic rings. The highest BCUT2D eigenvalue weighted by Gasteiger charge is 2.26. The molecule has 23 heavy (non-hydrogen) atoms. The van der Waals surface area contributed by atoms with Crippen molar-refractivity contribution < 1.29 is 14.6 Å². The number of rotatable bonds is 6. The van der Waals surface area contributed by atoms with Crippen LogP contribution in [0, 0.1) is 5.92 Å². The number of methoxy groups -OCH3 is 1. The lowest BCUT2D eigenvalue weighted by molar-refractivity contribution is -0.127. The number of phenolic OH excluding ortho intramolecular Hbond substituents is 1. The van der Waals surface area contributed by atoms with Gasteiger partial charge in [-0.25, -0.2) is 0 Å². The van der Waals surface area contributed by atoms with Gasteiger partial charge in [0.2, 0.25) is 5.91 Å². The highest BCUT2D eigenvalue weighted by Crippen LogP contribution is 2.31. The normalized spacial score (nSPS) is 17.7. The Bertz CT molecular complexity index is 525. The molecule has 1 heterocycles. The molecule has 5 nitrogen and oxygen atoms in total. The molecule has 0 bridgehead atoms. The summed E-state index contributed by atoms with van der Waals surface area (Å²) in [6, 6.07) is 5.80. The standard InChI is InChI=1S/C18H28N2O3/c1-4-13(2)19-18(22)14-8-10-20(11-9-14)12-15-6-5-7-16(23-3)17(15)21/h5-7,13-14,21H,4,8-12H2,1-3H3,(H,19,22). The van der Waals surface area contributed by atoms with Gasteiger partial charge in [-0.3, -0.25) is 9.69 Å². The number of nitrogens with zero attached hydrogens (tertiary/aromatic N) is 1. The van der Waals surface area contributed by atoms with Crippen LogP contribution in [0.4, 0.5) is 0 Å². The lowest BCUT2D eigenvalue weighted by Gasteiger charge is -2.32. The van der Waals surface area contributed by atoms with Gasteiger partial charge in [-0.1, -0.05) is 19.1 Å². The number of piperidine rings is 1. The van der Waals surface area contributed by atoms with Gasteiger partial charge < -0.3 is 15.2 Å². The van der Waals surface area contributed by atoms with E-state index in [0.717, 1.165) is 37.9 Å². The lowest BCUT2D eigenvalue weighted by atomic mass is 9.95. The SMILES string of the molecule is CCC(C)NC(=O)C1CCN(Cc2cccc(OC)c2O)CC1. The van der Waals surface area contributed by atoms with Gasteiger partial charge >= 0.3 is 0 Å². The highest BCUT2D eigenvalue weighted by atomic mass is 16.5. The Morgan fingerprint density at radius 2 is 2.13 bits per heavy atom. The molecule has 1 amide bonds. The fourth-order valence-corrected chi connectivity index (χ4v) is 2.92. The number of para-hydroxylation sites is 1. The number of likely N-dealkylation sites (tertiary alicyclic amines) is 1. The minimum Gasteiger partial charge on any atom is -0.504 e. The topological polar surface area (TPSA) is 61.8 Å². The summed E-state index contributed by atoms with van der Waals surface area (Å²) in [7, 11) is 1.56. The van der Waals surface area contributed by atoms with Gasteiger partial charge in [0.15, 0.2) is 11.5 Å². The van der Waals surface area contributed by atoms with Crippen molar-refractivity contribution in [3.63, 3.8) is 0 Å². The first kappa shape index (κ1) is 17.6. The molecule has 1 atom stereocenters. The maximum Gasteiger partial charge on any atom is 0.223 e. The fourth-order valence-electron chi connectivity index (χ4n) is 2.92. The van der Waals surface area contributed by atoms with Crippen LogP contribution in [0.2, 0.25) is 0 Å². The van der Waals surface area contributed by atoms with Crippen LogP contribution in [0.3, 0.4) is 0 Å². The van der Waals surface area contributed by atoms with Crippen molar-refractivity contribution >= 4 is 5.91 Å². The maximum atomic E-state index is 12.2. The van der Waals surface area contributed by atoms with Crippen molar-refractivity contribution in [1.29, 1.82) is 0 Å². The largest absolute Gasteiger partial charge is 0.504 e. The van der Waals surface area contributed by atoms with E-state index in [9.17, 15) is 9.90 Å². The molecule has 1 aliphatic heterocycles.